The quantitative estimate of drug-likeness (QED) is 0.803. The fraction of sp³-hybridized carbons (Fsp3) is 0.222. The van der Waals surface area contributed by atoms with Gasteiger partial charge in [-0.05, 0) is 49.2 Å². The Kier molecular flexibility index (Phi) is 6.02. The zero-order valence-electron chi connectivity index (χ0n) is 12.8. The summed E-state index contributed by atoms with van der Waals surface area (Å²) in [4.78, 5) is 11.9. The number of anilines is 1. The number of nitrogens with zero attached hydrogens (tertiary/aromatic N) is 1. The molecule has 0 unspecified atom stereocenters. The lowest BCUT2D eigenvalue weighted by atomic mass is 10.2. The molecule has 0 saturated heterocycles. The largest absolute Gasteiger partial charge is 0.494 e. The molecule has 0 bridgehead atoms. The molecule has 0 atom stereocenters. The van der Waals surface area contributed by atoms with Crippen LogP contribution in [0, 0.1) is 18.3 Å². The van der Waals surface area contributed by atoms with Crippen LogP contribution in [-0.4, -0.2) is 12.5 Å². The highest BCUT2D eigenvalue weighted by Gasteiger charge is 2.05. The second-order valence-electron chi connectivity index (χ2n) is 5.12. The summed E-state index contributed by atoms with van der Waals surface area (Å²) < 4.78 is 5.60. The molecule has 2 rings (SSSR count). The zero-order chi connectivity index (χ0) is 16.7. The summed E-state index contributed by atoms with van der Waals surface area (Å²) in [6, 6.07) is 14.6. The van der Waals surface area contributed by atoms with E-state index in [0.29, 0.717) is 35.7 Å². The first-order valence-corrected chi connectivity index (χ1v) is 7.65. The van der Waals surface area contributed by atoms with Gasteiger partial charge in [-0.25, -0.2) is 0 Å². The topological polar surface area (TPSA) is 62.1 Å². The molecule has 0 aliphatic heterocycles. The number of nitrogens with one attached hydrogen (secondary N) is 1. The van der Waals surface area contributed by atoms with Crippen LogP contribution in [0.4, 0.5) is 5.69 Å². The van der Waals surface area contributed by atoms with Gasteiger partial charge in [0, 0.05) is 12.1 Å². The van der Waals surface area contributed by atoms with Crippen LogP contribution in [0.3, 0.4) is 0 Å². The molecule has 4 nitrogen and oxygen atoms in total. The summed E-state index contributed by atoms with van der Waals surface area (Å²) in [6.07, 6.45) is 0.965. The Morgan fingerprint density at radius 2 is 2.13 bits per heavy atom. The minimum Gasteiger partial charge on any atom is -0.494 e. The lowest BCUT2D eigenvalue weighted by Crippen LogP contribution is -2.12. The van der Waals surface area contributed by atoms with Crippen LogP contribution < -0.4 is 10.1 Å². The molecule has 5 heteroatoms. The molecule has 0 fully saturated rings. The van der Waals surface area contributed by atoms with Gasteiger partial charge in [-0.1, -0.05) is 23.7 Å². The number of benzene rings is 2. The lowest BCUT2D eigenvalue weighted by Gasteiger charge is -2.08. The molecular formula is C18H17ClN2O2. The van der Waals surface area contributed by atoms with Gasteiger partial charge in [0.15, 0.2) is 0 Å². The van der Waals surface area contributed by atoms with Crippen LogP contribution in [0.1, 0.15) is 24.0 Å². The normalized spacial score (nSPS) is 9.96. The smallest absolute Gasteiger partial charge is 0.224 e. The monoisotopic (exact) mass is 328 g/mol. The van der Waals surface area contributed by atoms with Crippen molar-refractivity contribution in [3.8, 4) is 11.8 Å². The summed E-state index contributed by atoms with van der Waals surface area (Å²) in [7, 11) is 0. The summed E-state index contributed by atoms with van der Waals surface area (Å²) in [5.74, 6) is 0.697. The average Bonchev–Trinajstić information content (AvgIpc) is 2.52. The van der Waals surface area contributed by atoms with E-state index in [1.807, 2.05) is 37.3 Å². The molecule has 23 heavy (non-hydrogen) atoms. The molecule has 0 saturated carbocycles. The van der Waals surface area contributed by atoms with E-state index in [2.05, 4.69) is 5.32 Å². The van der Waals surface area contributed by atoms with Gasteiger partial charge in [0.2, 0.25) is 5.91 Å². The van der Waals surface area contributed by atoms with E-state index in [0.717, 1.165) is 11.3 Å². The van der Waals surface area contributed by atoms with Crippen molar-refractivity contribution >= 4 is 23.2 Å². The second-order valence-corrected chi connectivity index (χ2v) is 5.53. The van der Waals surface area contributed by atoms with Gasteiger partial charge in [-0.3, -0.25) is 4.79 Å². The molecule has 0 heterocycles. The van der Waals surface area contributed by atoms with Gasteiger partial charge < -0.3 is 10.1 Å². The third-order valence-corrected chi connectivity index (χ3v) is 3.49. The number of ether oxygens (including phenoxy) is 1. The van der Waals surface area contributed by atoms with Crippen LogP contribution in [-0.2, 0) is 4.79 Å². The molecule has 2 aromatic rings. The van der Waals surface area contributed by atoms with Crippen LogP contribution >= 0.6 is 11.6 Å². The SMILES string of the molecule is Cc1cccc(OCCCC(=O)Nc2ccc(C#N)c(Cl)c2)c1. The van der Waals surface area contributed by atoms with E-state index in [4.69, 9.17) is 21.6 Å². The fourth-order valence-corrected chi connectivity index (χ4v) is 2.26. The van der Waals surface area contributed by atoms with Crippen molar-refractivity contribution in [1.82, 2.24) is 0 Å². The van der Waals surface area contributed by atoms with E-state index in [9.17, 15) is 4.79 Å². The number of rotatable bonds is 6. The molecule has 2 aromatic carbocycles. The molecule has 118 valence electrons. The van der Waals surface area contributed by atoms with Gasteiger partial charge in [-0.2, -0.15) is 5.26 Å². The summed E-state index contributed by atoms with van der Waals surface area (Å²) >= 11 is 5.93. The highest BCUT2D eigenvalue weighted by Crippen LogP contribution is 2.20. The van der Waals surface area contributed by atoms with Gasteiger partial charge in [0.1, 0.15) is 11.8 Å². The predicted octanol–water partition coefficient (Wildman–Crippen LogP) is 4.32. The average molecular weight is 329 g/mol. The first kappa shape index (κ1) is 16.9. The lowest BCUT2D eigenvalue weighted by molar-refractivity contribution is -0.116. The summed E-state index contributed by atoms with van der Waals surface area (Å²) in [6.45, 7) is 2.48. The molecule has 1 N–H and O–H groups in total. The van der Waals surface area contributed by atoms with E-state index in [1.165, 1.54) is 0 Å². The number of halogens is 1. The van der Waals surface area contributed by atoms with Crippen molar-refractivity contribution in [3.05, 3.63) is 58.6 Å². The maximum absolute atomic E-state index is 11.9. The first-order valence-electron chi connectivity index (χ1n) is 7.27. The molecule has 0 aromatic heterocycles. The molecule has 0 spiro atoms. The maximum Gasteiger partial charge on any atom is 0.224 e. The van der Waals surface area contributed by atoms with Crippen molar-refractivity contribution in [1.29, 1.82) is 5.26 Å². The van der Waals surface area contributed by atoms with Crippen molar-refractivity contribution in [2.24, 2.45) is 0 Å². The molecule has 0 aliphatic carbocycles. The number of hydrogen-bond acceptors (Lipinski definition) is 3. The van der Waals surface area contributed by atoms with E-state index >= 15 is 0 Å². The Labute approximate surface area is 140 Å². The van der Waals surface area contributed by atoms with Crippen molar-refractivity contribution in [2.45, 2.75) is 19.8 Å². The van der Waals surface area contributed by atoms with E-state index in [1.54, 1.807) is 18.2 Å². The van der Waals surface area contributed by atoms with E-state index < -0.39 is 0 Å². The number of carbonyl (C=O) groups is 1. The van der Waals surface area contributed by atoms with Gasteiger partial charge in [0.05, 0.1) is 17.2 Å². The minimum absolute atomic E-state index is 0.112. The minimum atomic E-state index is -0.112. The van der Waals surface area contributed by atoms with Gasteiger partial charge >= 0.3 is 0 Å². The molecule has 0 aliphatic rings. The summed E-state index contributed by atoms with van der Waals surface area (Å²) in [5.41, 5.74) is 2.10. The van der Waals surface area contributed by atoms with Crippen molar-refractivity contribution in [2.75, 3.05) is 11.9 Å². The maximum atomic E-state index is 11.9. The van der Waals surface area contributed by atoms with Crippen LogP contribution in [0.15, 0.2) is 42.5 Å². The third-order valence-electron chi connectivity index (χ3n) is 3.18. The van der Waals surface area contributed by atoms with Crippen LogP contribution in [0.2, 0.25) is 5.02 Å². The van der Waals surface area contributed by atoms with Crippen molar-refractivity contribution < 1.29 is 9.53 Å². The molecule has 1 amide bonds. The predicted molar refractivity (Wildman–Crippen MR) is 90.7 cm³/mol. The second kappa shape index (κ2) is 8.21. The number of nitriles is 1. The Morgan fingerprint density at radius 3 is 2.83 bits per heavy atom. The molecule has 0 radical (unpaired) electrons. The standard InChI is InChI=1S/C18H17ClN2O2/c1-13-4-2-5-16(10-13)23-9-3-6-18(22)21-15-8-7-14(12-20)17(19)11-15/h2,4-5,7-8,10-11H,3,6,9H2,1H3,(H,21,22). The fourth-order valence-electron chi connectivity index (χ4n) is 2.03. The number of aryl methyl sites for hydroxylation is 1. The Hall–Kier alpha value is -2.51. The van der Waals surface area contributed by atoms with Gasteiger partial charge in [0.25, 0.3) is 0 Å². The molecular weight excluding hydrogens is 312 g/mol. The first-order chi connectivity index (χ1) is 11.1. The zero-order valence-corrected chi connectivity index (χ0v) is 13.6. The summed E-state index contributed by atoms with van der Waals surface area (Å²) in [5, 5.41) is 11.9. The van der Waals surface area contributed by atoms with Crippen LogP contribution in [0.5, 0.6) is 5.75 Å². The van der Waals surface area contributed by atoms with Crippen molar-refractivity contribution in [3.63, 3.8) is 0 Å². The van der Waals surface area contributed by atoms with Gasteiger partial charge in [-0.15, -0.1) is 0 Å². The Bertz CT molecular complexity index is 738. The number of hydrogen-bond donors (Lipinski definition) is 1. The van der Waals surface area contributed by atoms with Crippen LogP contribution in [0.25, 0.3) is 0 Å². The third kappa shape index (κ3) is 5.32. The van der Waals surface area contributed by atoms with E-state index in [-0.39, 0.29) is 5.91 Å². The number of amides is 1. The Balaban J connectivity index is 1.75. The highest BCUT2D eigenvalue weighted by atomic mass is 35.5. The number of carbonyl (C=O) groups excluding carboxylic acids is 1. The Morgan fingerprint density at radius 1 is 1.30 bits per heavy atom. The highest BCUT2D eigenvalue weighted by molar-refractivity contribution is 6.32.